The first-order valence-corrected chi connectivity index (χ1v) is 14.3. The van der Waals surface area contributed by atoms with Gasteiger partial charge in [-0.15, -0.1) is 11.3 Å². The second kappa shape index (κ2) is 9.97. The zero-order valence-corrected chi connectivity index (χ0v) is 22.0. The summed E-state index contributed by atoms with van der Waals surface area (Å²) in [7, 11) is 0.0915. The van der Waals surface area contributed by atoms with E-state index in [1.807, 2.05) is 25.1 Å². The first-order chi connectivity index (χ1) is 15.7. The Kier molecular flexibility index (Phi) is 7.42. The van der Waals surface area contributed by atoms with E-state index in [0.717, 1.165) is 28.0 Å². The molecule has 1 amide bonds. The van der Waals surface area contributed by atoms with Crippen molar-refractivity contribution in [3.8, 4) is 0 Å². The van der Waals surface area contributed by atoms with Crippen molar-refractivity contribution >= 4 is 65.6 Å². The maximum atomic E-state index is 13.8. The van der Waals surface area contributed by atoms with Crippen molar-refractivity contribution < 1.29 is 13.2 Å². The summed E-state index contributed by atoms with van der Waals surface area (Å²) < 4.78 is 29.5. The second-order valence-electron chi connectivity index (χ2n) is 8.28. The van der Waals surface area contributed by atoms with E-state index in [1.165, 1.54) is 27.3 Å². The molecule has 3 aromatic rings. The minimum atomic E-state index is -3.80. The number of thiazole rings is 1. The van der Waals surface area contributed by atoms with Crippen LogP contribution in [0.15, 0.2) is 34.5 Å². The molecule has 178 valence electrons. The number of nitrogens with zero attached hydrogens (tertiary/aromatic N) is 4. The quantitative estimate of drug-likeness (QED) is 0.437. The number of carbonyl (C=O) groups is 1. The van der Waals surface area contributed by atoms with Crippen molar-refractivity contribution in [3.05, 3.63) is 40.2 Å². The number of aryl methyl sites for hydroxylation is 1. The maximum absolute atomic E-state index is 13.8. The molecule has 0 aliphatic carbocycles. The molecule has 2 aromatic heterocycles. The average Bonchev–Trinajstić information content (AvgIpc) is 3.52. The van der Waals surface area contributed by atoms with Crippen molar-refractivity contribution in [2.45, 2.75) is 36.4 Å². The van der Waals surface area contributed by atoms with Gasteiger partial charge < -0.3 is 4.90 Å². The molecule has 0 bridgehead atoms. The fourth-order valence-corrected chi connectivity index (χ4v) is 8.22. The van der Waals surface area contributed by atoms with Crippen LogP contribution < -0.4 is 4.90 Å². The lowest BCUT2D eigenvalue weighted by molar-refractivity contribution is -0.121. The average molecular weight is 527 g/mol. The van der Waals surface area contributed by atoms with E-state index in [0.29, 0.717) is 41.9 Å². The van der Waals surface area contributed by atoms with Gasteiger partial charge in [-0.25, -0.2) is 13.4 Å². The van der Waals surface area contributed by atoms with Crippen LogP contribution in [0.3, 0.4) is 0 Å². The predicted molar refractivity (Wildman–Crippen MR) is 136 cm³/mol. The third-order valence-electron chi connectivity index (χ3n) is 5.72. The van der Waals surface area contributed by atoms with Gasteiger partial charge in [0.1, 0.15) is 10.3 Å². The third kappa shape index (κ3) is 5.11. The smallest absolute Gasteiger partial charge is 0.253 e. The number of thiophene rings is 1. The zero-order valence-electron chi connectivity index (χ0n) is 18.8. The van der Waals surface area contributed by atoms with Gasteiger partial charge in [-0.3, -0.25) is 9.69 Å². The Hall–Kier alpha value is -1.56. The van der Waals surface area contributed by atoms with Crippen LogP contribution in [-0.2, 0) is 21.2 Å². The van der Waals surface area contributed by atoms with Crippen molar-refractivity contribution in [3.63, 3.8) is 0 Å². The summed E-state index contributed by atoms with van der Waals surface area (Å²) in [5.41, 5.74) is 2.06. The normalized spacial score (nSPS) is 17.3. The van der Waals surface area contributed by atoms with E-state index >= 15 is 0 Å². The molecule has 1 aromatic carbocycles. The molecule has 0 saturated carbocycles. The molecule has 0 radical (unpaired) electrons. The Balaban J connectivity index is 1.67. The topological polar surface area (TPSA) is 73.8 Å². The molecule has 3 heterocycles. The molecule has 1 fully saturated rings. The Labute approximate surface area is 207 Å². The van der Waals surface area contributed by atoms with Crippen LogP contribution in [0.25, 0.3) is 10.2 Å². The number of sulfonamides is 1. The summed E-state index contributed by atoms with van der Waals surface area (Å²) in [5.74, 6) is -0.227. The molecule has 0 spiro atoms. The van der Waals surface area contributed by atoms with Gasteiger partial charge in [-0.05, 0) is 63.2 Å². The van der Waals surface area contributed by atoms with Crippen LogP contribution in [0, 0.1) is 0 Å². The van der Waals surface area contributed by atoms with E-state index < -0.39 is 16.1 Å². The van der Waals surface area contributed by atoms with E-state index in [1.54, 1.807) is 11.0 Å². The minimum absolute atomic E-state index is 0.166. The molecule has 1 aliphatic heterocycles. The van der Waals surface area contributed by atoms with Crippen molar-refractivity contribution in [1.82, 2.24) is 14.2 Å². The number of anilines is 1. The molecule has 1 aliphatic rings. The Bertz CT molecular complexity index is 1250. The lowest BCUT2D eigenvalue weighted by atomic mass is 10.2. The van der Waals surface area contributed by atoms with Crippen LogP contribution in [0.5, 0.6) is 0 Å². The summed E-state index contributed by atoms with van der Waals surface area (Å²) in [4.78, 5) is 22.2. The molecule has 7 nitrogen and oxygen atoms in total. The molecule has 1 atom stereocenters. The molecular weight excluding hydrogens is 500 g/mol. The summed E-state index contributed by atoms with van der Waals surface area (Å²) in [6, 6.07) is 8.46. The Morgan fingerprint density at radius 2 is 2.00 bits per heavy atom. The number of fused-ring (bicyclic) bond motifs is 1. The summed E-state index contributed by atoms with van der Waals surface area (Å²) >= 11 is 8.47. The Morgan fingerprint density at radius 1 is 1.21 bits per heavy atom. The highest BCUT2D eigenvalue weighted by Crippen LogP contribution is 2.35. The lowest BCUT2D eigenvalue weighted by Crippen LogP contribution is -2.49. The number of carbonyl (C=O) groups excluding carboxylic acids is 1. The zero-order chi connectivity index (χ0) is 23.8. The number of amides is 1. The van der Waals surface area contributed by atoms with Gasteiger partial charge in [0.25, 0.3) is 10.0 Å². The fourth-order valence-electron chi connectivity index (χ4n) is 3.90. The van der Waals surface area contributed by atoms with Gasteiger partial charge in [0.15, 0.2) is 5.13 Å². The highest BCUT2D eigenvalue weighted by atomic mass is 35.5. The third-order valence-corrected chi connectivity index (χ3v) is 10.4. The summed E-state index contributed by atoms with van der Waals surface area (Å²) in [6.07, 6.45) is 2.05. The van der Waals surface area contributed by atoms with Crippen LogP contribution in [0.4, 0.5) is 5.13 Å². The summed E-state index contributed by atoms with van der Waals surface area (Å²) in [5, 5.41) is 0.605. The number of halogens is 1. The molecule has 1 saturated heterocycles. The van der Waals surface area contributed by atoms with Gasteiger partial charge in [-0.1, -0.05) is 35.9 Å². The molecule has 4 rings (SSSR count). The van der Waals surface area contributed by atoms with Crippen LogP contribution in [0.2, 0.25) is 4.34 Å². The molecule has 1 unspecified atom stereocenters. The number of hydrogen-bond donors (Lipinski definition) is 0. The first-order valence-electron chi connectivity index (χ1n) is 10.8. The van der Waals surface area contributed by atoms with Gasteiger partial charge in [0.05, 0.1) is 14.6 Å². The van der Waals surface area contributed by atoms with Gasteiger partial charge in [0, 0.05) is 19.6 Å². The molecule has 11 heteroatoms. The van der Waals surface area contributed by atoms with E-state index in [9.17, 15) is 13.2 Å². The van der Waals surface area contributed by atoms with Gasteiger partial charge in [0.2, 0.25) is 5.91 Å². The van der Waals surface area contributed by atoms with Crippen LogP contribution in [0.1, 0.15) is 25.3 Å². The molecule has 0 N–H and O–H groups in total. The number of rotatable bonds is 8. The second-order valence-corrected chi connectivity index (χ2v) is 13.1. The number of benzene rings is 1. The van der Waals surface area contributed by atoms with E-state index in [4.69, 9.17) is 16.6 Å². The predicted octanol–water partition coefficient (Wildman–Crippen LogP) is 4.32. The number of hydrogen-bond acceptors (Lipinski definition) is 7. The largest absolute Gasteiger partial charge is 0.308 e. The Morgan fingerprint density at radius 3 is 2.67 bits per heavy atom. The molecule has 33 heavy (non-hydrogen) atoms. The number of aromatic nitrogens is 1. The number of likely N-dealkylation sites (N-methyl/N-ethyl adjacent to an activating group) is 1. The van der Waals surface area contributed by atoms with Gasteiger partial charge in [-0.2, -0.15) is 4.31 Å². The van der Waals surface area contributed by atoms with Crippen LogP contribution in [-0.4, -0.2) is 68.3 Å². The fraction of sp³-hybridized carbons (Fsp3) is 0.455. The highest BCUT2D eigenvalue weighted by Gasteiger charge is 2.42. The SMILES string of the molecule is CCc1ccc2nc(N(CCN(C)C)C(=O)C3CCCN3S(=O)(=O)c3ccc(Cl)s3)sc2c1. The van der Waals surface area contributed by atoms with E-state index in [2.05, 4.69) is 19.1 Å². The maximum Gasteiger partial charge on any atom is 0.253 e. The van der Waals surface area contributed by atoms with Crippen molar-refractivity contribution in [1.29, 1.82) is 0 Å². The standard InChI is InChI=1S/C22H27ClN4O3S3/c1-4-15-7-8-16-18(14-15)31-22(24-16)26(13-12-25(2)3)21(28)17-6-5-11-27(17)33(29,30)20-10-9-19(23)32-20/h7-10,14,17H,4-6,11-13H2,1-3H3. The van der Waals surface area contributed by atoms with Crippen molar-refractivity contribution in [2.24, 2.45) is 0 Å². The molecular formula is C22H27ClN4O3S3. The van der Waals surface area contributed by atoms with Gasteiger partial charge >= 0.3 is 0 Å². The first kappa shape index (κ1) is 24.6. The monoisotopic (exact) mass is 526 g/mol. The van der Waals surface area contributed by atoms with Crippen molar-refractivity contribution in [2.75, 3.05) is 38.6 Å². The summed E-state index contributed by atoms with van der Waals surface area (Å²) in [6.45, 7) is 3.49. The lowest BCUT2D eigenvalue weighted by Gasteiger charge is -2.29. The minimum Gasteiger partial charge on any atom is -0.308 e. The highest BCUT2D eigenvalue weighted by molar-refractivity contribution is 7.91. The van der Waals surface area contributed by atoms with E-state index in [-0.39, 0.29) is 10.1 Å². The van der Waals surface area contributed by atoms with Crippen LogP contribution >= 0.6 is 34.3 Å².